The molecule has 4 aromatic rings. The SMILES string of the molecule is O=C1N(C(c2ccccc2)c2ccccc2)c2ccccc2C12COc1cc3c(cc12)OCCO3. The lowest BCUT2D eigenvalue weighted by Gasteiger charge is -2.31. The summed E-state index contributed by atoms with van der Waals surface area (Å²) in [7, 11) is 0. The van der Waals surface area contributed by atoms with Crippen molar-refractivity contribution in [3.63, 3.8) is 0 Å². The summed E-state index contributed by atoms with van der Waals surface area (Å²) in [6.07, 6.45) is 0. The van der Waals surface area contributed by atoms with Crippen molar-refractivity contribution in [2.24, 2.45) is 0 Å². The lowest BCUT2D eigenvalue weighted by molar-refractivity contribution is -0.122. The minimum atomic E-state index is -0.941. The smallest absolute Gasteiger partial charge is 0.246 e. The highest BCUT2D eigenvalue weighted by molar-refractivity contribution is 6.12. The van der Waals surface area contributed by atoms with Crippen LogP contribution in [-0.2, 0) is 10.2 Å². The Morgan fingerprint density at radius 1 is 0.657 bits per heavy atom. The van der Waals surface area contributed by atoms with E-state index in [1.54, 1.807) is 0 Å². The van der Waals surface area contributed by atoms with Gasteiger partial charge in [-0.15, -0.1) is 0 Å². The van der Waals surface area contributed by atoms with E-state index < -0.39 is 5.41 Å². The number of hydrogen-bond donors (Lipinski definition) is 0. The molecule has 3 heterocycles. The van der Waals surface area contributed by atoms with Crippen LogP contribution in [0.4, 0.5) is 5.69 Å². The van der Waals surface area contributed by atoms with Gasteiger partial charge in [0, 0.05) is 17.3 Å². The molecule has 7 rings (SSSR count). The number of amides is 1. The predicted molar refractivity (Wildman–Crippen MR) is 132 cm³/mol. The van der Waals surface area contributed by atoms with Gasteiger partial charge >= 0.3 is 0 Å². The molecule has 172 valence electrons. The first kappa shape index (κ1) is 20.2. The number of para-hydroxylation sites is 1. The number of carbonyl (C=O) groups is 1. The molecule has 0 aliphatic carbocycles. The van der Waals surface area contributed by atoms with Crippen molar-refractivity contribution in [1.29, 1.82) is 0 Å². The molecule has 1 unspecified atom stereocenters. The van der Waals surface area contributed by atoms with Crippen LogP contribution in [-0.4, -0.2) is 25.7 Å². The quantitative estimate of drug-likeness (QED) is 0.417. The molecule has 0 radical (unpaired) electrons. The average molecular weight is 462 g/mol. The molecule has 0 aromatic heterocycles. The highest BCUT2D eigenvalue weighted by Crippen LogP contribution is 2.56. The van der Waals surface area contributed by atoms with Crippen molar-refractivity contribution >= 4 is 11.6 Å². The second-order valence-electron chi connectivity index (χ2n) is 9.10. The maximum atomic E-state index is 14.7. The number of nitrogens with zero attached hydrogens (tertiary/aromatic N) is 1. The Hall–Kier alpha value is -4.25. The van der Waals surface area contributed by atoms with Gasteiger partial charge in [-0.2, -0.15) is 0 Å². The van der Waals surface area contributed by atoms with Gasteiger partial charge in [0.05, 0.1) is 6.04 Å². The zero-order valence-corrected chi connectivity index (χ0v) is 19.0. The number of fused-ring (bicyclic) bond motifs is 5. The summed E-state index contributed by atoms with van der Waals surface area (Å²) < 4.78 is 17.8. The maximum Gasteiger partial charge on any atom is 0.246 e. The standard InChI is InChI=1S/C30H23NO4/c32-29-30(19-35-25-18-27-26(17-23(25)30)33-15-16-34-27)22-13-7-8-14-24(22)31(29)28(20-9-3-1-4-10-20)21-11-5-2-6-12-21/h1-14,17-18,28H,15-16,19H2. The molecular formula is C30H23NO4. The summed E-state index contributed by atoms with van der Waals surface area (Å²) in [5.74, 6) is 2.00. The third-order valence-electron chi connectivity index (χ3n) is 7.24. The van der Waals surface area contributed by atoms with Crippen LogP contribution in [0.2, 0.25) is 0 Å². The fraction of sp³-hybridized carbons (Fsp3) is 0.167. The lowest BCUT2D eigenvalue weighted by atomic mass is 9.77. The summed E-state index contributed by atoms with van der Waals surface area (Å²) in [4.78, 5) is 16.6. The Kier molecular flexibility index (Phi) is 4.40. The van der Waals surface area contributed by atoms with Gasteiger partial charge in [-0.25, -0.2) is 0 Å². The monoisotopic (exact) mass is 461 g/mol. The van der Waals surface area contributed by atoms with Gasteiger partial charge in [0.2, 0.25) is 5.91 Å². The van der Waals surface area contributed by atoms with Crippen molar-refractivity contribution in [3.05, 3.63) is 119 Å². The molecule has 0 bridgehead atoms. The Labute approximate surface area is 203 Å². The highest BCUT2D eigenvalue weighted by atomic mass is 16.6. The average Bonchev–Trinajstić information content (AvgIpc) is 3.41. The minimum absolute atomic E-state index is 0.00633. The van der Waals surface area contributed by atoms with Gasteiger partial charge in [0.25, 0.3) is 0 Å². The van der Waals surface area contributed by atoms with Crippen LogP contribution in [0.1, 0.15) is 28.3 Å². The molecule has 0 saturated heterocycles. The minimum Gasteiger partial charge on any atom is -0.491 e. The number of rotatable bonds is 3. The first-order valence-corrected chi connectivity index (χ1v) is 11.9. The number of hydrogen-bond acceptors (Lipinski definition) is 4. The van der Waals surface area contributed by atoms with Crippen LogP contribution in [0.25, 0.3) is 0 Å². The molecule has 5 heteroatoms. The Morgan fingerprint density at radius 3 is 1.94 bits per heavy atom. The molecule has 5 nitrogen and oxygen atoms in total. The second-order valence-corrected chi connectivity index (χ2v) is 9.10. The Balaban J connectivity index is 1.45. The summed E-state index contributed by atoms with van der Waals surface area (Å²) in [6, 6.07) is 32.0. The van der Waals surface area contributed by atoms with Gasteiger partial charge < -0.3 is 14.2 Å². The van der Waals surface area contributed by atoms with E-state index in [-0.39, 0.29) is 18.6 Å². The molecule has 0 N–H and O–H groups in total. The molecule has 35 heavy (non-hydrogen) atoms. The van der Waals surface area contributed by atoms with Gasteiger partial charge in [0.1, 0.15) is 31.0 Å². The number of benzene rings is 4. The van der Waals surface area contributed by atoms with Crippen LogP contribution in [0.15, 0.2) is 97.1 Å². The molecule has 0 fully saturated rings. The fourth-order valence-corrected chi connectivity index (χ4v) is 5.68. The topological polar surface area (TPSA) is 48.0 Å². The van der Waals surface area contributed by atoms with E-state index in [0.717, 1.165) is 27.9 Å². The molecule has 1 atom stereocenters. The van der Waals surface area contributed by atoms with Crippen molar-refractivity contribution in [3.8, 4) is 17.2 Å². The van der Waals surface area contributed by atoms with E-state index in [9.17, 15) is 4.79 Å². The molecular weight excluding hydrogens is 438 g/mol. The van der Waals surface area contributed by atoms with Crippen LogP contribution in [0.3, 0.4) is 0 Å². The maximum absolute atomic E-state index is 14.7. The molecule has 3 aliphatic rings. The van der Waals surface area contributed by atoms with Crippen molar-refractivity contribution in [2.45, 2.75) is 11.5 Å². The largest absolute Gasteiger partial charge is 0.491 e. The summed E-state index contributed by atoms with van der Waals surface area (Å²) in [5, 5.41) is 0. The van der Waals surface area contributed by atoms with E-state index in [4.69, 9.17) is 14.2 Å². The zero-order valence-electron chi connectivity index (χ0n) is 19.0. The van der Waals surface area contributed by atoms with Gasteiger partial charge in [-0.3, -0.25) is 9.69 Å². The lowest BCUT2D eigenvalue weighted by Crippen LogP contribution is -2.44. The normalized spacial score (nSPS) is 19.6. The molecule has 3 aliphatic heterocycles. The number of ether oxygens (including phenoxy) is 3. The van der Waals surface area contributed by atoms with E-state index in [0.29, 0.717) is 30.5 Å². The van der Waals surface area contributed by atoms with Crippen LogP contribution >= 0.6 is 0 Å². The van der Waals surface area contributed by atoms with Crippen molar-refractivity contribution in [2.75, 3.05) is 24.7 Å². The van der Waals surface area contributed by atoms with E-state index in [1.807, 2.05) is 71.6 Å². The number of anilines is 1. The molecule has 1 spiro atoms. The Bertz CT molecular complexity index is 1400. The van der Waals surface area contributed by atoms with E-state index in [2.05, 4.69) is 30.3 Å². The van der Waals surface area contributed by atoms with Crippen molar-refractivity contribution in [1.82, 2.24) is 0 Å². The number of carbonyl (C=O) groups excluding carboxylic acids is 1. The van der Waals surface area contributed by atoms with Crippen LogP contribution < -0.4 is 19.1 Å². The van der Waals surface area contributed by atoms with Gasteiger partial charge in [-0.1, -0.05) is 78.9 Å². The summed E-state index contributed by atoms with van der Waals surface area (Å²) >= 11 is 0. The molecule has 0 saturated carbocycles. The second kappa shape index (κ2) is 7.64. The summed E-state index contributed by atoms with van der Waals surface area (Å²) in [6.45, 7) is 1.23. The Morgan fingerprint density at radius 2 is 1.26 bits per heavy atom. The van der Waals surface area contributed by atoms with E-state index in [1.165, 1.54) is 0 Å². The van der Waals surface area contributed by atoms with Gasteiger partial charge in [-0.05, 0) is 28.8 Å². The first-order chi connectivity index (χ1) is 17.3. The van der Waals surface area contributed by atoms with Gasteiger partial charge in [0.15, 0.2) is 11.5 Å². The highest BCUT2D eigenvalue weighted by Gasteiger charge is 2.58. The van der Waals surface area contributed by atoms with Crippen molar-refractivity contribution < 1.29 is 19.0 Å². The first-order valence-electron chi connectivity index (χ1n) is 11.9. The fourth-order valence-electron chi connectivity index (χ4n) is 5.68. The third-order valence-corrected chi connectivity index (χ3v) is 7.24. The van der Waals surface area contributed by atoms with E-state index >= 15 is 0 Å². The predicted octanol–water partition coefficient (Wildman–Crippen LogP) is 5.27. The zero-order chi connectivity index (χ0) is 23.4. The van der Waals surface area contributed by atoms with Crippen LogP contribution in [0.5, 0.6) is 17.2 Å². The molecule has 4 aromatic carbocycles. The molecule has 1 amide bonds. The third kappa shape index (κ3) is 2.84. The van der Waals surface area contributed by atoms with Crippen LogP contribution in [0, 0.1) is 0 Å². The summed E-state index contributed by atoms with van der Waals surface area (Å²) in [5.41, 5.74) is 3.87.